The molecule has 32 heavy (non-hydrogen) atoms. The van der Waals surface area contributed by atoms with Gasteiger partial charge in [0.1, 0.15) is 10.6 Å². The predicted molar refractivity (Wildman–Crippen MR) is 124 cm³/mol. The van der Waals surface area contributed by atoms with E-state index in [2.05, 4.69) is 22.5 Å². The Morgan fingerprint density at radius 2 is 1.97 bits per heavy atom. The van der Waals surface area contributed by atoms with E-state index >= 15 is 0 Å². The second kappa shape index (κ2) is 8.67. The van der Waals surface area contributed by atoms with Crippen molar-refractivity contribution in [3.8, 4) is 11.4 Å². The predicted octanol–water partition coefficient (Wildman–Crippen LogP) is 2.54. The minimum absolute atomic E-state index is 0.173. The van der Waals surface area contributed by atoms with Gasteiger partial charge in [-0.2, -0.15) is 0 Å². The highest BCUT2D eigenvalue weighted by atomic mass is 32.2. The van der Waals surface area contributed by atoms with Crippen LogP contribution in [-0.4, -0.2) is 63.5 Å². The molecular weight excluding hydrogens is 430 g/mol. The first-order valence-corrected chi connectivity index (χ1v) is 12.7. The molecular formula is C22H29N5O4S. The molecule has 1 aromatic carbocycles. The highest BCUT2D eigenvalue weighted by Gasteiger charge is 2.55. The molecule has 0 radical (unpaired) electrons. The summed E-state index contributed by atoms with van der Waals surface area (Å²) in [5.41, 5.74) is 1.94. The summed E-state index contributed by atoms with van der Waals surface area (Å²) in [5, 5.41) is 5.23. The standard InChI is InChI=1S/C22H29N5O4S/c1-4-17-14-31-12-11-27(17)19-13-18(22(9-10-22)32(3,29)30)25-20(26-19)15-5-7-16(8-6-15)24-21(28)23-2/h5-8,13,17H,4,9-12,14H2,1-3H3,(H2,23,24,28). The number of hydrogen-bond acceptors (Lipinski definition) is 7. The van der Waals surface area contributed by atoms with E-state index in [9.17, 15) is 13.2 Å². The van der Waals surface area contributed by atoms with Crippen LogP contribution in [0.2, 0.25) is 0 Å². The Morgan fingerprint density at radius 3 is 2.56 bits per heavy atom. The van der Waals surface area contributed by atoms with Gasteiger partial charge in [0, 0.05) is 37.2 Å². The Hall–Kier alpha value is -2.72. The molecule has 9 nitrogen and oxygen atoms in total. The summed E-state index contributed by atoms with van der Waals surface area (Å²) in [5.74, 6) is 1.20. The van der Waals surface area contributed by atoms with Crippen LogP contribution in [0.4, 0.5) is 16.3 Å². The van der Waals surface area contributed by atoms with Gasteiger partial charge in [0.15, 0.2) is 15.7 Å². The lowest BCUT2D eigenvalue weighted by molar-refractivity contribution is 0.0925. The summed E-state index contributed by atoms with van der Waals surface area (Å²) in [7, 11) is -1.77. The van der Waals surface area contributed by atoms with E-state index in [-0.39, 0.29) is 12.1 Å². The summed E-state index contributed by atoms with van der Waals surface area (Å²) in [6.45, 7) is 4.01. The van der Waals surface area contributed by atoms with Crippen LogP contribution in [0.15, 0.2) is 30.3 Å². The Balaban J connectivity index is 1.77. The number of aromatic nitrogens is 2. The molecule has 1 aliphatic carbocycles. The number of anilines is 2. The first-order chi connectivity index (χ1) is 15.3. The summed E-state index contributed by atoms with van der Waals surface area (Å²) < 4.78 is 29.9. The number of carbonyl (C=O) groups excluding carboxylic acids is 1. The van der Waals surface area contributed by atoms with E-state index < -0.39 is 14.6 Å². The van der Waals surface area contributed by atoms with Crippen molar-refractivity contribution in [2.24, 2.45) is 0 Å². The van der Waals surface area contributed by atoms with Gasteiger partial charge >= 0.3 is 6.03 Å². The molecule has 2 N–H and O–H groups in total. The van der Waals surface area contributed by atoms with Crippen molar-refractivity contribution in [1.82, 2.24) is 15.3 Å². The van der Waals surface area contributed by atoms with Gasteiger partial charge in [0.25, 0.3) is 0 Å². The molecule has 2 heterocycles. The number of rotatable bonds is 6. The lowest BCUT2D eigenvalue weighted by Gasteiger charge is -2.36. The zero-order valence-electron chi connectivity index (χ0n) is 18.6. The molecule has 0 spiro atoms. The van der Waals surface area contributed by atoms with Crippen LogP contribution in [0.25, 0.3) is 11.4 Å². The van der Waals surface area contributed by atoms with Gasteiger partial charge < -0.3 is 20.3 Å². The molecule has 1 atom stereocenters. The molecule has 10 heteroatoms. The largest absolute Gasteiger partial charge is 0.377 e. The monoisotopic (exact) mass is 459 g/mol. The Morgan fingerprint density at radius 1 is 1.25 bits per heavy atom. The minimum atomic E-state index is -3.32. The van der Waals surface area contributed by atoms with Crippen molar-refractivity contribution in [3.63, 3.8) is 0 Å². The highest BCUT2D eigenvalue weighted by molar-refractivity contribution is 7.91. The van der Waals surface area contributed by atoms with Crippen molar-refractivity contribution in [2.75, 3.05) is 43.3 Å². The molecule has 4 rings (SSSR count). The third-order valence-electron chi connectivity index (χ3n) is 6.21. The van der Waals surface area contributed by atoms with Gasteiger partial charge in [0.05, 0.1) is 24.9 Å². The topological polar surface area (TPSA) is 114 Å². The Bertz CT molecular complexity index is 1100. The maximum absolute atomic E-state index is 12.6. The van der Waals surface area contributed by atoms with Crippen LogP contribution in [0, 0.1) is 0 Å². The van der Waals surface area contributed by atoms with Crippen molar-refractivity contribution in [2.45, 2.75) is 37.0 Å². The molecule has 1 saturated carbocycles. The highest BCUT2D eigenvalue weighted by Crippen LogP contribution is 2.52. The molecule has 1 aromatic heterocycles. The third-order valence-corrected chi connectivity index (χ3v) is 8.25. The van der Waals surface area contributed by atoms with E-state index in [1.807, 2.05) is 18.2 Å². The van der Waals surface area contributed by atoms with E-state index in [1.165, 1.54) is 6.26 Å². The Labute approximate surface area is 188 Å². The molecule has 2 fully saturated rings. The summed E-state index contributed by atoms with van der Waals surface area (Å²) in [6.07, 6.45) is 3.31. The van der Waals surface area contributed by atoms with Crippen molar-refractivity contribution < 1.29 is 17.9 Å². The fraction of sp³-hybridized carbons (Fsp3) is 0.500. The van der Waals surface area contributed by atoms with Gasteiger partial charge in [-0.15, -0.1) is 0 Å². The number of morpholine rings is 1. The van der Waals surface area contributed by atoms with Crippen molar-refractivity contribution in [1.29, 1.82) is 0 Å². The number of hydrogen-bond donors (Lipinski definition) is 2. The summed E-state index contributed by atoms with van der Waals surface area (Å²) in [6, 6.07) is 8.90. The van der Waals surface area contributed by atoms with Crippen LogP contribution in [0.5, 0.6) is 0 Å². The van der Waals surface area contributed by atoms with E-state index in [0.29, 0.717) is 49.8 Å². The van der Waals surface area contributed by atoms with Gasteiger partial charge in [0.2, 0.25) is 0 Å². The van der Waals surface area contributed by atoms with Crippen LogP contribution in [0.1, 0.15) is 31.9 Å². The van der Waals surface area contributed by atoms with Gasteiger partial charge in [-0.05, 0) is 43.5 Å². The van der Waals surface area contributed by atoms with Crippen LogP contribution >= 0.6 is 0 Å². The number of ether oxygens (including phenoxy) is 1. The maximum atomic E-state index is 12.6. The SMILES string of the molecule is CCC1COCCN1c1cc(C2(S(C)(=O)=O)CC2)nc(-c2ccc(NC(=O)NC)cc2)n1. The summed E-state index contributed by atoms with van der Waals surface area (Å²) in [4.78, 5) is 23.3. The number of amides is 2. The number of benzene rings is 1. The van der Waals surface area contributed by atoms with Gasteiger partial charge in [-0.1, -0.05) is 6.92 Å². The molecule has 1 aliphatic heterocycles. The first kappa shape index (κ1) is 22.5. The minimum Gasteiger partial charge on any atom is -0.377 e. The second-order valence-corrected chi connectivity index (χ2v) is 10.6. The molecule has 1 unspecified atom stereocenters. The first-order valence-electron chi connectivity index (χ1n) is 10.8. The molecule has 2 aromatic rings. The molecule has 2 aliphatic rings. The molecule has 172 valence electrons. The van der Waals surface area contributed by atoms with Crippen LogP contribution in [-0.2, 0) is 19.3 Å². The quantitative estimate of drug-likeness (QED) is 0.682. The smallest absolute Gasteiger partial charge is 0.318 e. The van der Waals surface area contributed by atoms with Crippen LogP contribution < -0.4 is 15.5 Å². The lowest BCUT2D eigenvalue weighted by atomic mass is 10.1. The second-order valence-electron chi connectivity index (χ2n) is 8.31. The fourth-order valence-electron chi connectivity index (χ4n) is 4.07. The number of sulfone groups is 1. The zero-order chi connectivity index (χ0) is 22.9. The third kappa shape index (κ3) is 4.29. The average Bonchev–Trinajstić information content (AvgIpc) is 3.61. The normalized spacial score (nSPS) is 20.0. The number of nitrogens with one attached hydrogen (secondary N) is 2. The summed E-state index contributed by atoms with van der Waals surface area (Å²) >= 11 is 0. The number of carbonyl (C=O) groups is 1. The van der Waals surface area contributed by atoms with Gasteiger partial charge in [-0.25, -0.2) is 23.2 Å². The van der Waals surface area contributed by atoms with E-state index in [0.717, 1.165) is 17.8 Å². The lowest BCUT2D eigenvalue weighted by Crippen LogP contribution is -2.45. The van der Waals surface area contributed by atoms with Crippen molar-refractivity contribution in [3.05, 3.63) is 36.0 Å². The fourth-order valence-corrected chi connectivity index (χ4v) is 5.39. The average molecular weight is 460 g/mol. The van der Waals surface area contributed by atoms with E-state index in [4.69, 9.17) is 14.7 Å². The van der Waals surface area contributed by atoms with Crippen molar-refractivity contribution >= 4 is 27.4 Å². The Kier molecular flexibility index (Phi) is 6.09. The maximum Gasteiger partial charge on any atom is 0.318 e. The van der Waals surface area contributed by atoms with Crippen LogP contribution in [0.3, 0.4) is 0 Å². The van der Waals surface area contributed by atoms with Gasteiger partial charge in [-0.3, -0.25) is 0 Å². The number of urea groups is 1. The number of nitrogens with zero attached hydrogens (tertiary/aromatic N) is 3. The molecule has 1 saturated heterocycles. The molecule has 0 bridgehead atoms. The molecule has 2 amide bonds. The van der Waals surface area contributed by atoms with E-state index in [1.54, 1.807) is 19.2 Å². The zero-order valence-corrected chi connectivity index (χ0v) is 19.4.